The fourth-order valence-corrected chi connectivity index (χ4v) is 2.81. The Hall–Kier alpha value is -0.690. The first-order valence-electron chi connectivity index (χ1n) is 11.2. The lowest BCUT2D eigenvalue weighted by Crippen LogP contribution is -2.26. The van der Waals surface area contributed by atoms with Gasteiger partial charge in [0.2, 0.25) is 0 Å². The van der Waals surface area contributed by atoms with E-state index >= 15 is 0 Å². The van der Waals surface area contributed by atoms with Crippen LogP contribution in [0.4, 0.5) is 0 Å². The Labute approximate surface area is 167 Å². The third-order valence-corrected chi connectivity index (χ3v) is 4.46. The molecule has 0 aliphatic rings. The maximum atomic E-state index is 10.3. The van der Waals surface area contributed by atoms with Crippen LogP contribution in [-0.2, 0) is 9.53 Å². The highest BCUT2D eigenvalue weighted by Crippen LogP contribution is 2.06. The highest BCUT2D eigenvalue weighted by Gasteiger charge is 1.95. The molecular weight excluding hydrogens is 342 g/mol. The predicted molar refractivity (Wildman–Crippen MR) is 114 cm³/mol. The Kier molecular flexibility index (Phi) is 22.8. The highest BCUT2D eigenvalue weighted by molar-refractivity contribution is 5.66. The SMILES string of the molecule is CCCCCCCCCOCCCNCCCNCCCNCCC(=O)O. The lowest BCUT2D eigenvalue weighted by molar-refractivity contribution is -0.136. The molecule has 0 heterocycles. The van der Waals surface area contributed by atoms with Crippen LogP contribution in [-0.4, -0.2) is 63.6 Å². The van der Waals surface area contributed by atoms with Crippen molar-refractivity contribution in [2.45, 2.75) is 77.6 Å². The van der Waals surface area contributed by atoms with Gasteiger partial charge in [0.25, 0.3) is 0 Å². The average molecular weight is 388 g/mol. The quantitative estimate of drug-likeness (QED) is 0.202. The second-order valence-electron chi connectivity index (χ2n) is 7.19. The molecule has 0 rings (SSSR count). The van der Waals surface area contributed by atoms with Crippen molar-refractivity contribution in [3.05, 3.63) is 0 Å². The summed E-state index contributed by atoms with van der Waals surface area (Å²) in [6.45, 7) is 9.56. The number of hydrogen-bond acceptors (Lipinski definition) is 5. The van der Waals surface area contributed by atoms with Gasteiger partial charge in [-0.2, -0.15) is 0 Å². The Morgan fingerprint density at radius 3 is 1.74 bits per heavy atom. The van der Waals surface area contributed by atoms with Crippen LogP contribution in [0.5, 0.6) is 0 Å². The molecule has 6 heteroatoms. The topological polar surface area (TPSA) is 82.6 Å². The summed E-state index contributed by atoms with van der Waals surface area (Å²) in [5.41, 5.74) is 0. The molecule has 0 aromatic rings. The molecule has 162 valence electrons. The summed E-state index contributed by atoms with van der Waals surface area (Å²) in [6, 6.07) is 0. The van der Waals surface area contributed by atoms with Crippen molar-refractivity contribution in [3.8, 4) is 0 Å². The van der Waals surface area contributed by atoms with Crippen LogP contribution in [0.3, 0.4) is 0 Å². The van der Waals surface area contributed by atoms with Crippen molar-refractivity contribution >= 4 is 5.97 Å². The van der Waals surface area contributed by atoms with Gasteiger partial charge in [-0.05, 0) is 58.4 Å². The lowest BCUT2D eigenvalue weighted by Gasteiger charge is -2.07. The van der Waals surface area contributed by atoms with Gasteiger partial charge in [-0.15, -0.1) is 0 Å². The smallest absolute Gasteiger partial charge is 0.304 e. The normalized spacial score (nSPS) is 11.1. The molecule has 0 aromatic carbocycles. The maximum Gasteiger partial charge on any atom is 0.304 e. The van der Waals surface area contributed by atoms with E-state index in [9.17, 15) is 4.79 Å². The summed E-state index contributed by atoms with van der Waals surface area (Å²) in [5, 5.41) is 18.5. The summed E-state index contributed by atoms with van der Waals surface area (Å²) in [5.74, 6) is -0.743. The molecule has 0 amide bonds. The first-order valence-corrected chi connectivity index (χ1v) is 11.2. The van der Waals surface area contributed by atoms with Crippen LogP contribution >= 0.6 is 0 Å². The Morgan fingerprint density at radius 2 is 1.15 bits per heavy atom. The number of carboxylic acids is 1. The third-order valence-electron chi connectivity index (χ3n) is 4.46. The van der Waals surface area contributed by atoms with Crippen LogP contribution in [0.15, 0.2) is 0 Å². The van der Waals surface area contributed by atoms with Gasteiger partial charge in [-0.3, -0.25) is 4.79 Å². The van der Waals surface area contributed by atoms with Crippen molar-refractivity contribution in [2.75, 3.05) is 52.5 Å². The number of unbranched alkanes of at least 4 members (excludes halogenated alkanes) is 6. The second-order valence-corrected chi connectivity index (χ2v) is 7.19. The molecule has 0 atom stereocenters. The van der Waals surface area contributed by atoms with Gasteiger partial charge in [0.15, 0.2) is 0 Å². The van der Waals surface area contributed by atoms with Gasteiger partial charge in [-0.25, -0.2) is 0 Å². The van der Waals surface area contributed by atoms with E-state index in [2.05, 4.69) is 22.9 Å². The van der Waals surface area contributed by atoms with Crippen molar-refractivity contribution in [1.29, 1.82) is 0 Å². The van der Waals surface area contributed by atoms with Crippen LogP contribution in [0.2, 0.25) is 0 Å². The van der Waals surface area contributed by atoms with Gasteiger partial charge < -0.3 is 25.8 Å². The minimum atomic E-state index is -0.743. The molecule has 0 saturated heterocycles. The van der Waals surface area contributed by atoms with E-state index in [4.69, 9.17) is 9.84 Å². The first-order chi connectivity index (χ1) is 13.3. The minimum Gasteiger partial charge on any atom is -0.481 e. The molecule has 0 saturated carbocycles. The average Bonchev–Trinajstić information content (AvgIpc) is 2.65. The maximum absolute atomic E-state index is 10.3. The van der Waals surface area contributed by atoms with E-state index in [-0.39, 0.29) is 6.42 Å². The number of hydrogen-bond donors (Lipinski definition) is 4. The fourth-order valence-electron chi connectivity index (χ4n) is 2.81. The van der Waals surface area contributed by atoms with Gasteiger partial charge >= 0.3 is 5.97 Å². The number of rotatable bonds is 23. The summed E-state index contributed by atoms with van der Waals surface area (Å²) < 4.78 is 5.68. The number of carboxylic acid groups (broad SMARTS) is 1. The zero-order valence-electron chi connectivity index (χ0n) is 17.7. The molecule has 0 aliphatic carbocycles. The lowest BCUT2D eigenvalue weighted by atomic mass is 10.1. The van der Waals surface area contributed by atoms with E-state index in [0.29, 0.717) is 6.54 Å². The predicted octanol–water partition coefficient (Wildman–Crippen LogP) is 3.17. The van der Waals surface area contributed by atoms with Crippen molar-refractivity contribution in [1.82, 2.24) is 16.0 Å². The van der Waals surface area contributed by atoms with Gasteiger partial charge in [0.1, 0.15) is 0 Å². The second kappa shape index (κ2) is 23.3. The van der Waals surface area contributed by atoms with Crippen LogP contribution < -0.4 is 16.0 Å². The number of nitrogens with one attached hydrogen (secondary N) is 3. The Balaban J connectivity index is 2.98. The summed E-state index contributed by atoms with van der Waals surface area (Å²) in [7, 11) is 0. The largest absolute Gasteiger partial charge is 0.481 e. The molecular formula is C21H45N3O3. The summed E-state index contributed by atoms with van der Waals surface area (Å²) >= 11 is 0. The molecule has 4 N–H and O–H groups in total. The van der Waals surface area contributed by atoms with Crippen LogP contribution in [0.25, 0.3) is 0 Å². The van der Waals surface area contributed by atoms with Crippen LogP contribution in [0.1, 0.15) is 77.6 Å². The molecule has 0 aliphatic heterocycles. The van der Waals surface area contributed by atoms with E-state index in [1.165, 1.54) is 44.9 Å². The van der Waals surface area contributed by atoms with E-state index in [0.717, 1.165) is 65.2 Å². The molecule has 6 nitrogen and oxygen atoms in total. The number of aliphatic carboxylic acids is 1. The van der Waals surface area contributed by atoms with Gasteiger partial charge in [-0.1, -0.05) is 45.4 Å². The number of ether oxygens (including phenoxy) is 1. The molecule has 0 bridgehead atoms. The molecule has 0 unspecified atom stereocenters. The Morgan fingerprint density at radius 1 is 0.667 bits per heavy atom. The van der Waals surface area contributed by atoms with Gasteiger partial charge in [0.05, 0.1) is 6.42 Å². The van der Waals surface area contributed by atoms with E-state index < -0.39 is 5.97 Å². The highest BCUT2D eigenvalue weighted by atomic mass is 16.5. The molecule has 0 aromatic heterocycles. The van der Waals surface area contributed by atoms with Gasteiger partial charge in [0, 0.05) is 19.8 Å². The zero-order valence-corrected chi connectivity index (χ0v) is 17.7. The number of carbonyl (C=O) groups is 1. The summed E-state index contributed by atoms with van der Waals surface area (Å²) in [4.78, 5) is 10.3. The van der Waals surface area contributed by atoms with E-state index in [1.807, 2.05) is 0 Å². The van der Waals surface area contributed by atoms with Crippen LogP contribution in [0, 0.1) is 0 Å². The monoisotopic (exact) mass is 387 g/mol. The van der Waals surface area contributed by atoms with Crippen molar-refractivity contribution in [3.63, 3.8) is 0 Å². The zero-order chi connectivity index (χ0) is 19.8. The molecule has 27 heavy (non-hydrogen) atoms. The molecule has 0 spiro atoms. The van der Waals surface area contributed by atoms with Crippen molar-refractivity contribution < 1.29 is 14.6 Å². The van der Waals surface area contributed by atoms with E-state index in [1.54, 1.807) is 0 Å². The fraction of sp³-hybridized carbons (Fsp3) is 0.952. The Bertz CT molecular complexity index is 304. The van der Waals surface area contributed by atoms with Crippen molar-refractivity contribution in [2.24, 2.45) is 0 Å². The third kappa shape index (κ3) is 25.3. The standard InChI is InChI=1S/C21H45N3O3/c1-2-3-4-5-6-7-8-19-27-20-11-17-23-15-9-13-22-14-10-16-24-18-12-21(25)26/h22-24H,2-20H2,1H3,(H,25,26). The minimum absolute atomic E-state index is 0.198. The summed E-state index contributed by atoms with van der Waals surface area (Å²) in [6.07, 6.45) is 12.8. The first kappa shape index (κ1) is 26.3. The molecule has 0 radical (unpaired) electrons. The molecule has 0 fully saturated rings.